The van der Waals surface area contributed by atoms with Crippen LogP contribution in [0.3, 0.4) is 0 Å². The van der Waals surface area contributed by atoms with Gasteiger partial charge in [0.2, 0.25) is 5.82 Å². The molecule has 0 saturated carbocycles. The van der Waals surface area contributed by atoms with Crippen molar-refractivity contribution in [2.45, 2.75) is 38.7 Å². The third-order valence-corrected chi connectivity index (χ3v) is 3.00. The molecule has 1 unspecified atom stereocenters. The minimum Gasteiger partial charge on any atom is -0.367 e. The van der Waals surface area contributed by atoms with Crippen LogP contribution in [0.15, 0.2) is 4.79 Å². The first-order chi connectivity index (χ1) is 7.53. The fourth-order valence-electron chi connectivity index (χ4n) is 1.94. The van der Waals surface area contributed by atoms with Gasteiger partial charge >= 0.3 is 0 Å². The first kappa shape index (κ1) is 11.3. The standard InChI is InChI=1S/C11H15FN2O2/c1-7-8(12)9(15)14-10(13-7)11(2)5-3-4-6-16-11/h3-6H2,1-2H3,(H,13,14,15). The Labute approximate surface area is 92.9 Å². The van der Waals surface area contributed by atoms with E-state index in [1.54, 1.807) is 0 Å². The molecule has 88 valence electrons. The molecule has 1 aliphatic rings. The van der Waals surface area contributed by atoms with Crippen molar-refractivity contribution in [1.29, 1.82) is 0 Å². The summed E-state index contributed by atoms with van der Waals surface area (Å²) in [6.45, 7) is 4.01. The topological polar surface area (TPSA) is 55.0 Å². The van der Waals surface area contributed by atoms with Crippen LogP contribution in [0.4, 0.5) is 4.39 Å². The maximum atomic E-state index is 13.2. The number of aromatic amines is 1. The Bertz CT molecular complexity index is 450. The molecule has 1 N–H and O–H groups in total. The Morgan fingerprint density at radius 3 is 2.81 bits per heavy atom. The van der Waals surface area contributed by atoms with E-state index in [0.29, 0.717) is 12.4 Å². The molecule has 2 heterocycles. The number of H-pyrrole nitrogens is 1. The van der Waals surface area contributed by atoms with Crippen LogP contribution in [0.25, 0.3) is 0 Å². The molecular formula is C11H15FN2O2. The van der Waals surface area contributed by atoms with Gasteiger partial charge in [-0.2, -0.15) is 4.39 Å². The highest BCUT2D eigenvalue weighted by molar-refractivity contribution is 5.09. The van der Waals surface area contributed by atoms with Gasteiger partial charge in [-0.05, 0) is 33.1 Å². The first-order valence-corrected chi connectivity index (χ1v) is 5.44. The summed E-state index contributed by atoms with van der Waals surface area (Å²) in [7, 11) is 0. The summed E-state index contributed by atoms with van der Waals surface area (Å²) in [5, 5.41) is 0. The van der Waals surface area contributed by atoms with Gasteiger partial charge in [-0.25, -0.2) is 4.98 Å². The summed E-state index contributed by atoms with van der Waals surface area (Å²) in [6, 6.07) is 0. The van der Waals surface area contributed by atoms with Crippen LogP contribution in [-0.2, 0) is 10.3 Å². The van der Waals surface area contributed by atoms with Crippen LogP contribution in [-0.4, -0.2) is 16.6 Å². The molecule has 0 radical (unpaired) electrons. The van der Waals surface area contributed by atoms with Crippen molar-refractivity contribution < 1.29 is 9.13 Å². The molecule has 0 spiro atoms. The third-order valence-electron chi connectivity index (χ3n) is 3.00. The molecule has 1 fully saturated rings. The van der Waals surface area contributed by atoms with Crippen molar-refractivity contribution in [2.75, 3.05) is 6.61 Å². The highest BCUT2D eigenvalue weighted by atomic mass is 19.1. The van der Waals surface area contributed by atoms with E-state index >= 15 is 0 Å². The highest BCUT2D eigenvalue weighted by Gasteiger charge is 2.33. The molecule has 0 aromatic carbocycles. The van der Waals surface area contributed by atoms with Crippen LogP contribution in [0, 0.1) is 12.7 Å². The third kappa shape index (κ3) is 1.87. The second-order valence-electron chi connectivity index (χ2n) is 4.35. The normalized spacial score (nSPS) is 25.7. The van der Waals surface area contributed by atoms with Crippen LogP contribution in [0.2, 0.25) is 0 Å². The zero-order valence-electron chi connectivity index (χ0n) is 9.47. The molecule has 0 amide bonds. The fourth-order valence-corrected chi connectivity index (χ4v) is 1.94. The summed E-state index contributed by atoms with van der Waals surface area (Å²) in [4.78, 5) is 17.9. The van der Waals surface area contributed by atoms with Gasteiger partial charge in [0.15, 0.2) is 0 Å². The number of nitrogens with one attached hydrogen (secondary N) is 1. The predicted molar refractivity (Wildman–Crippen MR) is 56.7 cm³/mol. The van der Waals surface area contributed by atoms with Crippen molar-refractivity contribution in [3.8, 4) is 0 Å². The SMILES string of the molecule is Cc1nc(C2(C)CCCCO2)[nH]c(=O)c1F. The van der Waals surface area contributed by atoms with E-state index in [-0.39, 0.29) is 5.69 Å². The van der Waals surface area contributed by atoms with E-state index in [4.69, 9.17) is 4.74 Å². The fraction of sp³-hybridized carbons (Fsp3) is 0.636. The highest BCUT2D eigenvalue weighted by Crippen LogP contribution is 2.31. The number of halogens is 1. The molecule has 1 saturated heterocycles. The molecule has 4 nitrogen and oxygen atoms in total. The number of rotatable bonds is 1. The maximum Gasteiger partial charge on any atom is 0.287 e. The lowest BCUT2D eigenvalue weighted by Gasteiger charge is -2.32. The Morgan fingerprint density at radius 1 is 1.50 bits per heavy atom. The number of nitrogens with zero attached hydrogens (tertiary/aromatic N) is 1. The van der Waals surface area contributed by atoms with Crippen LogP contribution in [0.5, 0.6) is 0 Å². The van der Waals surface area contributed by atoms with Crippen LogP contribution >= 0.6 is 0 Å². The summed E-state index contributed by atoms with van der Waals surface area (Å²) >= 11 is 0. The molecular weight excluding hydrogens is 211 g/mol. The van der Waals surface area contributed by atoms with Crippen molar-refractivity contribution in [2.24, 2.45) is 0 Å². The number of hydrogen-bond acceptors (Lipinski definition) is 3. The second kappa shape index (κ2) is 3.97. The molecule has 16 heavy (non-hydrogen) atoms. The summed E-state index contributed by atoms with van der Waals surface area (Å²) in [5.74, 6) is -0.390. The van der Waals surface area contributed by atoms with E-state index in [1.165, 1.54) is 6.92 Å². The minimum atomic E-state index is -0.817. The van der Waals surface area contributed by atoms with E-state index in [2.05, 4.69) is 9.97 Å². The van der Waals surface area contributed by atoms with Crippen LogP contribution in [0.1, 0.15) is 37.7 Å². The van der Waals surface area contributed by atoms with Gasteiger partial charge in [-0.15, -0.1) is 0 Å². The van der Waals surface area contributed by atoms with E-state index in [1.807, 2.05) is 6.92 Å². The molecule has 1 aliphatic heterocycles. The quantitative estimate of drug-likeness (QED) is 0.791. The predicted octanol–water partition coefficient (Wildman–Crippen LogP) is 1.63. The van der Waals surface area contributed by atoms with Gasteiger partial charge in [0.05, 0.1) is 5.69 Å². The zero-order valence-corrected chi connectivity index (χ0v) is 9.47. The Hall–Kier alpha value is -1.23. The molecule has 1 aromatic rings. The second-order valence-corrected chi connectivity index (χ2v) is 4.35. The molecule has 5 heteroatoms. The van der Waals surface area contributed by atoms with E-state index in [0.717, 1.165) is 19.3 Å². The van der Waals surface area contributed by atoms with Gasteiger partial charge in [0.25, 0.3) is 5.56 Å². The van der Waals surface area contributed by atoms with Gasteiger partial charge in [-0.3, -0.25) is 4.79 Å². The summed E-state index contributed by atoms with van der Waals surface area (Å²) < 4.78 is 18.8. The Balaban J connectivity index is 2.43. The number of aryl methyl sites for hydroxylation is 1. The summed E-state index contributed by atoms with van der Waals surface area (Å²) in [5.41, 5.74) is -1.19. The average molecular weight is 226 g/mol. The Morgan fingerprint density at radius 2 is 2.25 bits per heavy atom. The molecule has 1 atom stereocenters. The van der Waals surface area contributed by atoms with Crippen LogP contribution < -0.4 is 5.56 Å². The number of hydrogen-bond donors (Lipinski definition) is 1. The molecule has 0 aliphatic carbocycles. The summed E-state index contributed by atoms with van der Waals surface area (Å²) in [6.07, 6.45) is 2.83. The first-order valence-electron chi connectivity index (χ1n) is 5.44. The monoisotopic (exact) mass is 226 g/mol. The lowest BCUT2D eigenvalue weighted by atomic mass is 9.95. The van der Waals surface area contributed by atoms with Crippen molar-refractivity contribution in [1.82, 2.24) is 9.97 Å². The molecule has 2 rings (SSSR count). The van der Waals surface area contributed by atoms with Gasteiger partial charge < -0.3 is 9.72 Å². The number of aromatic nitrogens is 2. The van der Waals surface area contributed by atoms with Crippen molar-refractivity contribution in [3.05, 3.63) is 27.7 Å². The van der Waals surface area contributed by atoms with Gasteiger partial charge in [0.1, 0.15) is 11.4 Å². The maximum absolute atomic E-state index is 13.2. The minimum absolute atomic E-state index is 0.120. The van der Waals surface area contributed by atoms with Crippen molar-refractivity contribution >= 4 is 0 Å². The van der Waals surface area contributed by atoms with Crippen molar-refractivity contribution in [3.63, 3.8) is 0 Å². The Kier molecular flexibility index (Phi) is 2.80. The molecule has 1 aromatic heterocycles. The average Bonchev–Trinajstić information content (AvgIpc) is 2.26. The smallest absolute Gasteiger partial charge is 0.287 e. The largest absolute Gasteiger partial charge is 0.367 e. The number of ether oxygens (including phenoxy) is 1. The molecule has 0 bridgehead atoms. The van der Waals surface area contributed by atoms with Gasteiger partial charge in [0, 0.05) is 6.61 Å². The van der Waals surface area contributed by atoms with E-state index < -0.39 is 17.0 Å². The van der Waals surface area contributed by atoms with Gasteiger partial charge in [-0.1, -0.05) is 0 Å². The van der Waals surface area contributed by atoms with E-state index in [9.17, 15) is 9.18 Å². The lowest BCUT2D eigenvalue weighted by Crippen LogP contribution is -2.35. The zero-order chi connectivity index (χ0) is 11.8. The lowest BCUT2D eigenvalue weighted by molar-refractivity contribution is -0.0764.